The number of likely N-dealkylation sites (tertiary alicyclic amines) is 1. The van der Waals surface area contributed by atoms with Crippen molar-refractivity contribution in [2.75, 3.05) is 18.8 Å². The number of nitrogens with one attached hydrogen (secondary N) is 1. The Balaban J connectivity index is 1.27. The minimum absolute atomic E-state index is 0.173. The summed E-state index contributed by atoms with van der Waals surface area (Å²) in [6.07, 6.45) is 8.74. The van der Waals surface area contributed by atoms with Gasteiger partial charge in [-0.25, -0.2) is 9.97 Å². The monoisotopic (exact) mass is 360 g/mol. The number of hydrogen-bond donors (Lipinski definition) is 1. The van der Waals surface area contributed by atoms with E-state index in [4.69, 9.17) is 0 Å². The molecule has 0 bridgehead atoms. The van der Waals surface area contributed by atoms with Gasteiger partial charge in [0.2, 0.25) is 11.1 Å². The lowest BCUT2D eigenvalue weighted by Crippen LogP contribution is -2.39. The third kappa shape index (κ3) is 4.05. The largest absolute Gasteiger partial charge is 0.342 e. The average Bonchev–Trinajstić information content (AvgIpc) is 3.15. The van der Waals surface area contributed by atoms with Crippen LogP contribution in [0.2, 0.25) is 0 Å². The standard InChI is InChI=1S/C17H24N6OS/c1-12-19-17(21-20-12)25-11-15(24)22-7-4-14(5-8-22)16-18-6-9-23(16)10-13-2-3-13/h6,9,13-14H,2-5,7-8,10-11H2,1H3,(H,19,20,21). The molecule has 2 aliphatic rings. The smallest absolute Gasteiger partial charge is 0.233 e. The topological polar surface area (TPSA) is 79.7 Å². The van der Waals surface area contributed by atoms with Gasteiger partial charge in [0.25, 0.3) is 0 Å². The number of piperidine rings is 1. The third-order valence-corrected chi connectivity index (χ3v) is 5.85. The van der Waals surface area contributed by atoms with Crippen LogP contribution in [0.1, 0.15) is 43.3 Å². The molecule has 2 aromatic rings. The van der Waals surface area contributed by atoms with E-state index in [0.717, 1.165) is 44.2 Å². The van der Waals surface area contributed by atoms with E-state index in [1.165, 1.54) is 30.4 Å². The van der Waals surface area contributed by atoms with Crippen molar-refractivity contribution in [3.63, 3.8) is 0 Å². The number of carbonyl (C=O) groups excluding carboxylic acids is 1. The van der Waals surface area contributed by atoms with Gasteiger partial charge in [-0.05, 0) is 38.5 Å². The molecule has 8 heteroatoms. The van der Waals surface area contributed by atoms with Gasteiger partial charge in [0, 0.05) is 37.9 Å². The molecule has 1 saturated heterocycles. The van der Waals surface area contributed by atoms with Crippen LogP contribution in [0.4, 0.5) is 0 Å². The molecule has 4 rings (SSSR count). The molecule has 134 valence electrons. The maximum Gasteiger partial charge on any atom is 0.233 e. The second kappa shape index (κ2) is 7.19. The van der Waals surface area contributed by atoms with Crippen molar-refractivity contribution in [3.8, 4) is 0 Å². The first-order chi connectivity index (χ1) is 12.2. The number of aryl methyl sites for hydroxylation is 1. The summed E-state index contributed by atoms with van der Waals surface area (Å²) in [7, 11) is 0. The summed E-state index contributed by atoms with van der Waals surface area (Å²) in [6.45, 7) is 4.60. The molecular weight excluding hydrogens is 336 g/mol. The van der Waals surface area contributed by atoms with E-state index in [9.17, 15) is 4.79 Å². The highest BCUT2D eigenvalue weighted by Gasteiger charge is 2.28. The Hall–Kier alpha value is -1.83. The summed E-state index contributed by atoms with van der Waals surface area (Å²) >= 11 is 1.40. The van der Waals surface area contributed by atoms with Gasteiger partial charge < -0.3 is 9.47 Å². The zero-order valence-electron chi connectivity index (χ0n) is 14.5. The van der Waals surface area contributed by atoms with E-state index in [1.54, 1.807) is 0 Å². The van der Waals surface area contributed by atoms with Crippen molar-refractivity contribution in [2.24, 2.45) is 5.92 Å². The molecule has 0 spiro atoms. The first-order valence-corrected chi connectivity index (χ1v) is 9.98. The lowest BCUT2D eigenvalue weighted by molar-refractivity contribution is -0.129. The van der Waals surface area contributed by atoms with Crippen molar-refractivity contribution in [1.82, 2.24) is 29.6 Å². The molecule has 1 N–H and O–H groups in total. The first kappa shape index (κ1) is 16.6. The maximum atomic E-state index is 12.4. The molecule has 7 nitrogen and oxygen atoms in total. The molecule has 0 aromatic carbocycles. The number of amides is 1. The van der Waals surface area contributed by atoms with Crippen LogP contribution in [0.3, 0.4) is 0 Å². The fourth-order valence-corrected chi connectivity index (χ4v) is 4.15. The Morgan fingerprint density at radius 3 is 2.80 bits per heavy atom. The lowest BCUT2D eigenvalue weighted by atomic mass is 9.96. The zero-order valence-corrected chi connectivity index (χ0v) is 15.3. The van der Waals surface area contributed by atoms with Crippen molar-refractivity contribution >= 4 is 17.7 Å². The summed E-state index contributed by atoms with van der Waals surface area (Å²) < 4.78 is 2.33. The Bertz CT molecular complexity index is 729. The summed E-state index contributed by atoms with van der Waals surface area (Å²) in [5.41, 5.74) is 0. The van der Waals surface area contributed by atoms with Crippen molar-refractivity contribution in [3.05, 3.63) is 24.0 Å². The molecule has 0 unspecified atom stereocenters. The number of nitrogens with zero attached hydrogens (tertiary/aromatic N) is 5. The molecule has 1 aliphatic carbocycles. The summed E-state index contributed by atoms with van der Waals surface area (Å²) in [5.74, 6) is 3.89. The van der Waals surface area contributed by atoms with Crippen LogP contribution in [0.15, 0.2) is 17.6 Å². The number of hydrogen-bond acceptors (Lipinski definition) is 5. The molecule has 1 amide bonds. The van der Waals surface area contributed by atoms with E-state index < -0.39 is 0 Å². The lowest BCUT2D eigenvalue weighted by Gasteiger charge is -2.32. The minimum atomic E-state index is 0.173. The highest BCUT2D eigenvalue weighted by atomic mass is 32.2. The van der Waals surface area contributed by atoms with Crippen LogP contribution >= 0.6 is 11.8 Å². The predicted molar refractivity (Wildman–Crippen MR) is 95.3 cm³/mol. The fraction of sp³-hybridized carbons (Fsp3) is 0.647. The number of carbonyl (C=O) groups is 1. The van der Waals surface area contributed by atoms with Gasteiger partial charge in [-0.15, -0.1) is 5.10 Å². The molecular formula is C17H24N6OS. The summed E-state index contributed by atoms with van der Waals surface area (Å²) in [5, 5.41) is 7.50. The van der Waals surface area contributed by atoms with E-state index in [2.05, 4.69) is 30.9 Å². The van der Waals surface area contributed by atoms with Gasteiger partial charge in [0.05, 0.1) is 5.75 Å². The number of thioether (sulfide) groups is 1. The van der Waals surface area contributed by atoms with E-state index >= 15 is 0 Å². The Labute approximate surface area is 151 Å². The van der Waals surface area contributed by atoms with Crippen LogP contribution in [-0.2, 0) is 11.3 Å². The minimum Gasteiger partial charge on any atom is -0.342 e. The summed E-state index contributed by atoms with van der Waals surface area (Å²) in [6, 6.07) is 0. The van der Waals surface area contributed by atoms with Gasteiger partial charge in [-0.1, -0.05) is 11.8 Å². The molecule has 1 saturated carbocycles. The first-order valence-electron chi connectivity index (χ1n) is 8.99. The van der Waals surface area contributed by atoms with Crippen LogP contribution in [-0.4, -0.2) is 54.4 Å². The van der Waals surface area contributed by atoms with E-state index in [-0.39, 0.29) is 5.91 Å². The Kier molecular flexibility index (Phi) is 4.78. The predicted octanol–water partition coefficient (Wildman–Crippen LogP) is 2.22. The Morgan fingerprint density at radius 1 is 1.32 bits per heavy atom. The zero-order chi connectivity index (χ0) is 17.2. The molecule has 1 aliphatic heterocycles. The molecule has 3 heterocycles. The molecule has 25 heavy (non-hydrogen) atoms. The molecule has 2 fully saturated rings. The maximum absolute atomic E-state index is 12.4. The number of aromatic amines is 1. The van der Waals surface area contributed by atoms with Crippen LogP contribution in [0, 0.1) is 12.8 Å². The third-order valence-electron chi connectivity index (χ3n) is 5.01. The fourth-order valence-electron chi connectivity index (χ4n) is 3.41. The van der Waals surface area contributed by atoms with Crippen molar-refractivity contribution in [1.29, 1.82) is 0 Å². The normalized spacial score (nSPS) is 18.7. The number of rotatable bonds is 6. The van der Waals surface area contributed by atoms with Crippen LogP contribution in [0.5, 0.6) is 0 Å². The van der Waals surface area contributed by atoms with Gasteiger partial charge in [0.15, 0.2) is 0 Å². The number of H-pyrrole nitrogens is 1. The summed E-state index contributed by atoms with van der Waals surface area (Å²) in [4.78, 5) is 23.2. The average molecular weight is 360 g/mol. The van der Waals surface area contributed by atoms with E-state index in [0.29, 0.717) is 16.8 Å². The molecule has 0 atom stereocenters. The highest BCUT2D eigenvalue weighted by molar-refractivity contribution is 7.99. The van der Waals surface area contributed by atoms with Crippen LogP contribution in [0.25, 0.3) is 0 Å². The highest BCUT2D eigenvalue weighted by Crippen LogP contribution is 2.33. The van der Waals surface area contributed by atoms with Gasteiger partial charge in [0.1, 0.15) is 11.6 Å². The molecule has 0 radical (unpaired) electrons. The van der Waals surface area contributed by atoms with Gasteiger partial charge >= 0.3 is 0 Å². The van der Waals surface area contributed by atoms with Crippen molar-refractivity contribution < 1.29 is 4.79 Å². The quantitative estimate of drug-likeness (QED) is 0.799. The van der Waals surface area contributed by atoms with Crippen molar-refractivity contribution in [2.45, 2.75) is 50.2 Å². The van der Waals surface area contributed by atoms with Crippen LogP contribution < -0.4 is 0 Å². The van der Waals surface area contributed by atoms with E-state index in [1.807, 2.05) is 18.0 Å². The molecule has 2 aromatic heterocycles. The second-order valence-corrected chi connectivity index (χ2v) is 7.97. The number of imidazole rings is 1. The van der Waals surface area contributed by atoms with Gasteiger partial charge in [-0.2, -0.15) is 0 Å². The second-order valence-electron chi connectivity index (χ2n) is 7.03. The Morgan fingerprint density at radius 2 is 2.12 bits per heavy atom. The number of aromatic nitrogens is 5. The SMILES string of the molecule is Cc1nc(SCC(=O)N2CCC(c3nccn3CC3CC3)CC2)n[nH]1. The van der Waals surface area contributed by atoms with Gasteiger partial charge in [-0.3, -0.25) is 9.89 Å².